The highest BCUT2D eigenvalue weighted by Gasteiger charge is 2.33. The van der Waals surface area contributed by atoms with Crippen molar-refractivity contribution in [1.82, 2.24) is 0 Å². The van der Waals surface area contributed by atoms with Crippen LogP contribution in [0.1, 0.15) is 63.8 Å². The van der Waals surface area contributed by atoms with Crippen LogP contribution in [0.3, 0.4) is 0 Å². The second-order valence-electron chi connectivity index (χ2n) is 11.7. The summed E-state index contributed by atoms with van der Waals surface area (Å²) in [4.78, 5) is 0. The van der Waals surface area contributed by atoms with E-state index in [1.165, 1.54) is 0 Å². The van der Waals surface area contributed by atoms with Gasteiger partial charge in [0.2, 0.25) is 0 Å². The maximum absolute atomic E-state index is 11.2. The van der Waals surface area contributed by atoms with Gasteiger partial charge in [-0.1, -0.05) is 71.9 Å². The predicted molar refractivity (Wildman–Crippen MR) is 159 cm³/mol. The Kier molecular flexibility index (Phi) is 9.52. The molecule has 0 amide bonds. The smallest absolute Gasteiger partial charge is 0.188 e. The van der Waals surface area contributed by atoms with Gasteiger partial charge in [0.1, 0.15) is 17.2 Å². The molecule has 0 fully saturated rings. The van der Waals surface area contributed by atoms with Crippen LogP contribution in [0.5, 0.6) is 17.2 Å². The van der Waals surface area contributed by atoms with E-state index in [0.717, 1.165) is 49.7 Å². The standard InChI is InChI=1S/C32H43O5P/c1-21-15-23(31(3,4)5)29(36-19-34-9)27(17-21)38(26-14-12-11-13-25(26)33)28-18-22(2)16-24(32(6,7)8)30(28)37-20-35-10/h11-18,33H,19-20H2,1-10H3. The highest BCUT2D eigenvalue weighted by Crippen LogP contribution is 2.47. The summed E-state index contributed by atoms with van der Waals surface area (Å²) in [6.07, 6.45) is 0. The average Bonchev–Trinajstić information content (AvgIpc) is 2.82. The first-order chi connectivity index (χ1) is 17.8. The Morgan fingerprint density at radius 1 is 0.658 bits per heavy atom. The van der Waals surface area contributed by atoms with Crippen molar-refractivity contribution in [3.8, 4) is 17.2 Å². The summed E-state index contributed by atoms with van der Waals surface area (Å²) in [5.41, 5.74) is 4.08. The van der Waals surface area contributed by atoms with Crippen molar-refractivity contribution in [3.63, 3.8) is 0 Å². The van der Waals surface area contributed by atoms with Crippen LogP contribution in [0.15, 0.2) is 48.5 Å². The molecule has 5 nitrogen and oxygen atoms in total. The largest absolute Gasteiger partial charge is 0.507 e. The quantitative estimate of drug-likeness (QED) is 0.255. The zero-order valence-electron chi connectivity index (χ0n) is 24.6. The molecule has 0 heterocycles. The van der Waals surface area contributed by atoms with Crippen LogP contribution in [-0.4, -0.2) is 32.9 Å². The molecule has 0 bridgehead atoms. The first kappa shape index (κ1) is 30.0. The monoisotopic (exact) mass is 538 g/mol. The Morgan fingerprint density at radius 3 is 1.45 bits per heavy atom. The summed E-state index contributed by atoms with van der Waals surface area (Å²) < 4.78 is 23.5. The van der Waals surface area contributed by atoms with Gasteiger partial charge in [0.05, 0.1) is 0 Å². The Bertz CT molecular complexity index is 1180. The zero-order valence-corrected chi connectivity index (χ0v) is 25.5. The third-order valence-electron chi connectivity index (χ3n) is 6.29. The predicted octanol–water partition coefficient (Wildman–Crippen LogP) is 6.33. The van der Waals surface area contributed by atoms with Gasteiger partial charge in [0.15, 0.2) is 13.6 Å². The highest BCUT2D eigenvalue weighted by atomic mass is 31.1. The van der Waals surface area contributed by atoms with Crippen LogP contribution in [-0.2, 0) is 20.3 Å². The molecule has 0 unspecified atom stereocenters. The summed E-state index contributed by atoms with van der Waals surface area (Å²) in [5.74, 6) is 1.82. The average molecular weight is 539 g/mol. The first-order valence-electron chi connectivity index (χ1n) is 12.9. The minimum Gasteiger partial charge on any atom is -0.507 e. The summed E-state index contributed by atoms with van der Waals surface area (Å²) in [5, 5.41) is 14.1. The third-order valence-corrected chi connectivity index (χ3v) is 8.78. The van der Waals surface area contributed by atoms with Gasteiger partial charge in [-0.05, 0) is 61.9 Å². The number of methoxy groups -OCH3 is 2. The topological polar surface area (TPSA) is 57.2 Å². The number of aryl methyl sites for hydroxylation is 2. The molecular weight excluding hydrogens is 495 g/mol. The van der Waals surface area contributed by atoms with Crippen molar-refractivity contribution in [2.45, 2.75) is 66.2 Å². The van der Waals surface area contributed by atoms with Gasteiger partial charge in [-0.25, -0.2) is 0 Å². The fourth-order valence-electron chi connectivity index (χ4n) is 4.54. The number of para-hydroxylation sites is 1. The van der Waals surface area contributed by atoms with Gasteiger partial charge in [-0.2, -0.15) is 0 Å². The van der Waals surface area contributed by atoms with Gasteiger partial charge < -0.3 is 24.1 Å². The van der Waals surface area contributed by atoms with E-state index >= 15 is 0 Å². The number of phenols is 1. The summed E-state index contributed by atoms with van der Waals surface area (Å²) >= 11 is 0. The van der Waals surface area contributed by atoms with E-state index < -0.39 is 7.92 Å². The molecule has 0 radical (unpaired) electrons. The second kappa shape index (κ2) is 12.1. The molecule has 6 heteroatoms. The number of phenolic OH excluding ortho intramolecular Hbond substituents is 1. The molecule has 0 spiro atoms. The number of aromatic hydroxyl groups is 1. The molecule has 0 aliphatic rings. The molecule has 0 aromatic heterocycles. The van der Waals surface area contributed by atoms with Crippen molar-refractivity contribution in [1.29, 1.82) is 0 Å². The lowest BCUT2D eigenvalue weighted by Crippen LogP contribution is -2.29. The Balaban J connectivity index is 2.52. The van der Waals surface area contributed by atoms with Gasteiger partial charge >= 0.3 is 0 Å². The van der Waals surface area contributed by atoms with E-state index in [1.54, 1.807) is 20.3 Å². The molecule has 206 valence electrons. The SMILES string of the molecule is COCOc1c(P(c2ccccc2O)c2cc(C)cc(C(C)(C)C)c2OCOC)cc(C)cc1C(C)(C)C. The minimum absolute atomic E-state index is 0.122. The molecule has 0 aliphatic carbocycles. The maximum Gasteiger partial charge on any atom is 0.188 e. The number of benzene rings is 3. The van der Waals surface area contributed by atoms with Crippen molar-refractivity contribution < 1.29 is 24.1 Å². The third kappa shape index (κ3) is 6.69. The fourth-order valence-corrected chi connectivity index (χ4v) is 7.30. The molecule has 3 aromatic carbocycles. The summed E-state index contributed by atoms with van der Waals surface area (Å²) in [6.45, 7) is 17.6. The Morgan fingerprint density at radius 2 is 1.08 bits per heavy atom. The van der Waals surface area contributed by atoms with E-state index in [-0.39, 0.29) is 30.2 Å². The lowest BCUT2D eigenvalue weighted by molar-refractivity contribution is 0.0506. The van der Waals surface area contributed by atoms with Crippen molar-refractivity contribution in [3.05, 3.63) is 70.8 Å². The van der Waals surface area contributed by atoms with Crippen LogP contribution >= 0.6 is 7.92 Å². The van der Waals surface area contributed by atoms with E-state index in [9.17, 15) is 5.11 Å². The first-order valence-corrected chi connectivity index (χ1v) is 14.3. The van der Waals surface area contributed by atoms with Crippen molar-refractivity contribution >= 4 is 23.8 Å². The van der Waals surface area contributed by atoms with Gasteiger partial charge in [0.25, 0.3) is 0 Å². The molecule has 0 atom stereocenters. The lowest BCUT2D eigenvalue weighted by Gasteiger charge is -2.32. The zero-order chi connectivity index (χ0) is 28.3. The van der Waals surface area contributed by atoms with Crippen molar-refractivity contribution in [2.24, 2.45) is 0 Å². The second-order valence-corrected chi connectivity index (χ2v) is 13.9. The molecule has 0 saturated carbocycles. The number of rotatable bonds is 9. The minimum atomic E-state index is -1.31. The van der Waals surface area contributed by atoms with Crippen LogP contribution in [0.4, 0.5) is 0 Å². The van der Waals surface area contributed by atoms with E-state index in [4.69, 9.17) is 18.9 Å². The molecule has 38 heavy (non-hydrogen) atoms. The van der Waals surface area contributed by atoms with Crippen LogP contribution in [0.2, 0.25) is 0 Å². The van der Waals surface area contributed by atoms with Crippen molar-refractivity contribution in [2.75, 3.05) is 27.8 Å². The molecule has 1 N–H and O–H groups in total. The van der Waals surface area contributed by atoms with Gasteiger partial charge in [-0.15, -0.1) is 0 Å². The lowest BCUT2D eigenvalue weighted by atomic mass is 9.85. The molecule has 3 aromatic rings. The number of hydrogen-bond acceptors (Lipinski definition) is 5. The molecular formula is C32H43O5P. The number of ether oxygens (including phenoxy) is 4. The van der Waals surface area contributed by atoms with Crippen LogP contribution < -0.4 is 25.4 Å². The van der Waals surface area contributed by atoms with E-state index in [2.05, 4.69) is 79.7 Å². The van der Waals surface area contributed by atoms with E-state index in [0.29, 0.717) is 0 Å². The summed E-state index contributed by atoms with van der Waals surface area (Å²) in [6, 6.07) is 16.3. The highest BCUT2D eigenvalue weighted by molar-refractivity contribution is 7.80. The molecule has 0 aliphatic heterocycles. The van der Waals surface area contributed by atoms with E-state index in [1.807, 2.05) is 18.2 Å². The van der Waals surface area contributed by atoms with Gasteiger partial charge in [0, 0.05) is 41.3 Å². The Hall–Kier alpha value is -2.59. The van der Waals surface area contributed by atoms with Gasteiger partial charge in [-0.3, -0.25) is 0 Å². The maximum atomic E-state index is 11.2. The summed E-state index contributed by atoms with van der Waals surface area (Å²) in [7, 11) is 1.94. The number of hydrogen-bond donors (Lipinski definition) is 1. The molecule has 3 rings (SSSR count). The van der Waals surface area contributed by atoms with Crippen LogP contribution in [0, 0.1) is 13.8 Å². The fraction of sp³-hybridized carbons (Fsp3) is 0.438. The molecule has 0 saturated heterocycles. The Labute approximate surface area is 229 Å². The normalized spacial score (nSPS) is 12.2. The van der Waals surface area contributed by atoms with Crippen LogP contribution in [0.25, 0.3) is 0 Å².